The summed E-state index contributed by atoms with van der Waals surface area (Å²) in [5, 5.41) is 9.74. The average molecular weight is 395 g/mol. The molecule has 4 nitrogen and oxygen atoms in total. The smallest absolute Gasteiger partial charge is 0.222 e. The predicted molar refractivity (Wildman–Crippen MR) is 118 cm³/mol. The molecule has 1 amide bonds. The van der Waals surface area contributed by atoms with Crippen LogP contribution in [0.4, 0.5) is 0 Å². The van der Waals surface area contributed by atoms with Crippen molar-refractivity contribution in [2.24, 2.45) is 0 Å². The minimum absolute atomic E-state index is 0.252. The first-order valence-electron chi connectivity index (χ1n) is 10.8. The number of phenols is 1. The topological polar surface area (TPSA) is 43.8 Å². The van der Waals surface area contributed by atoms with Gasteiger partial charge in [-0.25, -0.2) is 0 Å². The second-order valence-electron chi connectivity index (χ2n) is 8.24. The molecule has 29 heavy (non-hydrogen) atoms. The number of hydrogen-bond donors (Lipinski definition) is 1. The number of aryl methyl sites for hydroxylation is 2. The number of benzene rings is 2. The summed E-state index contributed by atoms with van der Waals surface area (Å²) < 4.78 is 0. The molecule has 1 heterocycles. The van der Waals surface area contributed by atoms with E-state index in [9.17, 15) is 9.90 Å². The standard InChI is InChI=1S/C25H34N2O2/c1-4-25(29)27(18-21-8-6-5-7-9-21)22-10-13-26(14-11-22)15-12-24-19(2)16-23(28)17-20(24)3/h5-9,16-17,22,28H,4,10-15,18H2,1-3H3. The summed E-state index contributed by atoms with van der Waals surface area (Å²) in [6.07, 6.45) is 3.63. The number of piperidine rings is 1. The molecule has 1 saturated heterocycles. The average Bonchev–Trinajstić information content (AvgIpc) is 2.72. The number of phenolic OH excluding ortho intramolecular Hbond substituents is 1. The number of carbonyl (C=O) groups is 1. The molecule has 0 saturated carbocycles. The molecular formula is C25H34N2O2. The van der Waals surface area contributed by atoms with Gasteiger partial charge in [0.05, 0.1) is 0 Å². The molecule has 156 valence electrons. The van der Waals surface area contributed by atoms with E-state index < -0.39 is 0 Å². The largest absolute Gasteiger partial charge is 0.508 e. The minimum Gasteiger partial charge on any atom is -0.508 e. The Morgan fingerprint density at radius 1 is 1.10 bits per heavy atom. The van der Waals surface area contributed by atoms with Crippen LogP contribution in [0.25, 0.3) is 0 Å². The van der Waals surface area contributed by atoms with Gasteiger partial charge in [0.1, 0.15) is 5.75 Å². The number of likely N-dealkylation sites (tertiary alicyclic amines) is 1. The van der Waals surface area contributed by atoms with Crippen LogP contribution < -0.4 is 0 Å². The molecule has 0 aromatic heterocycles. The van der Waals surface area contributed by atoms with Crippen molar-refractivity contribution in [3.63, 3.8) is 0 Å². The Morgan fingerprint density at radius 3 is 2.31 bits per heavy atom. The lowest BCUT2D eigenvalue weighted by atomic mass is 9.97. The van der Waals surface area contributed by atoms with E-state index in [-0.39, 0.29) is 5.91 Å². The zero-order chi connectivity index (χ0) is 20.8. The molecule has 2 aromatic rings. The highest BCUT2D eigenvalue weighted by Crippen LogP contribution is 2.23. The van der Waals surface area contributed by atoms with Gasteiger partial charge < -0.3 is 14.9 Å². The van der Waals surface area contributed by atoms with Crippen molar-refractivity contribution >= 4 is 5.91 Å². The Labute approximate surface area is 175 Å². The molecule has 0 radical (unpaired) electrons. The fraction of sp³-hybridized carbons (Fsp3) is 0.480. The number of nitrogens with zero attached hydrogens (tertiary/aromatic N) is 2. The summed E-state index contributed by atoms with van der Waals surface area (Å²) >= 11 is 0. The van der Waals surface area contributed by atoms with Crippen molar-refractivity contribution < 1.29 is 9.90 Å². The predicted octanol–water partition coefficient (Wildman–Crippen LogP) is 4.45. The molecule has 0 atom stereocenters. The van der Waals surface area contributed by atoms with Gasteiger partial charge in [-0.1, -0.05) is 37.3 Å². The van der Waals surface area contributed by atoms with E-state index in [4.69, 9.17) is 0 Å². The highest BCUT2D eigenvalue weighted by atomic mass is 16.3. The van der Waals surface area contributed by atoms with Gasteiger partial charge in [-0.15, -0.1) is 0 Å². The number of rotatable bonds is 7. The summed E-state index contributed by atoms with van der Waals surface area (Å²) in [6.45, 7) is 9.91. The Morgan fingerprint density at radius 2 is 1.72 bits per heavy atom. The molecule has 1 aliphatic rings. The van der Waals surface area contributed by atoms with Crippen molar-refractivity contribution in [1.29, 1.82) is 0 Å². The van der Waals surface area contributed by atoms with Crippen molar-refractivity contribution in [1.82, 2.24) is 9.80 Å². The number of hydrogen-bond acceptors (Lipinski definition) is 3. The molecular weight excluding hydrogens is 360 g/mol. The molecule has 1 fully saturated rings. The van der Waals surface area contributed by atoms with Gasteiger partial charge in [0.2, 0.25) is 5.91 Å². The zero-order valence-corrected chi connectivity index (χ0v) is 18.0. The molecule has 4 heteroatoms. The lowest BCUT2D eigenvalue weighted by Gasteiger charge is -2.39. The van der Waals surface area contributed by atoms with Gasteiger partial charge in [0, 0.05) is 38.6 Å². The van der Waals surface area contributed by atoms with E-state index in [0.29, 0.717) is 24.8 Å². The Kier molecular flexibility index (Phi) is 7.32. The molecule has 3 rings (SSSR count). The number of aromatic hydroxyl groups is 1. The quantitative estimate of drug-likeness (QED) is 0.754. The van der Waals surface area contributed by atoms with E-state index in [2.05, 4.69) is 35.8 Å². The lowest BCUT2D eigenvalue weighted by Crippen LogP contribution is -2.47. The first kappa shape index (κ1) is 21.4. The maximum absolute atomic E-state index is 12.6. The van der Waals surface area contributed by atoms with Gasteiger partial charge in [-0.3, -0.25) is 4.79 Å². The zero-order valence-electron chi connectivity index (χ0n) is 18.0. The third kappa shape index (κ3) is 5.60. The van der Waals surface area contributed by atoms with Crippen LogP contribution in [0.1, 0.15) is 48.4 Å². The van der Waals surface area contributed by atoms with E-state index >= 15 is 0 Å². The highest BCUT2D eigenvalue weighted by molar-refractivity contribution is 5.76. The Bertz CT molecular complexity index is 788. The third-order valence-corrected chi connectivity index (χ3v) is 6.18. The van der Waals surface area contributed by atoms with Crippen LogP contribution in [0, 0.1) is 13.8 Å². The van der Waals surface area contributed by atoms with Crippen molar-refractivity contribution in [3.8, 4) is 5.75 Å². The third-order valence-electron chi connectivity index (χ3n) is 6.18. The van der Waals surface area contributed by atoms with Crippen LogP contribution >= 0.6 is 0 Å². The van der Waals surface area contributed by atoms with Gasteiger partial charge in [-0.05, 0) is 67.5 Å². The molecule has 1 N–H and O–H groups in total. The van der Waals surface area contributed by atoms with Gasteiger partial charge in [0.15, 0.2) is 0 Å². The summed E-state index contributed by atoms with van der Waals surface area (Å²) in [7, 11) is 0. The van der Waals surface area contributed by atoms with E-state index in [1.807, 2.05) is 37.3 Å². The lowest BCUT2D eigenvalue weighted by molar-refractivity contribution is -0.135. The van der Waals surface area contributed by atoms with Crippen molar-refractivity contribution in [2.45, 2.75) is 59.0 Å². The Balaban J connectivity index is 1.56. The SMILES string of the molecule is CCC(=O)N(Cc1ccccc1)C1CCN(CCc2c(C)cc(O)cc2C)CC1. The molecule has 0 spiro atoms. The maximum atomic E-state index is 12.6. The summed E-state index contributed by atoms with van der Waals surface area (Å²) in [5.41, 5.74) is 4.88. The molecule has 0 aliphatic carbocycles. The normalized spacial score (nSPS) is 15.4. The highest BCUT2D eigenvalue weighted by Gasteiger charge is 2.27. The minimum atomic E-state index is 0.252. The first-order chi connectivity index (χ1) is 14.0. The monoisotopic (exact) mass is 394 g/mol. The summed E-state index contributed by atoms with van der Waals surface area (Å²) in [6, 6.07) is 14.3. The van der Waals surface area contributed by atoms with Crippen LogP contribution in [0.2, 0.25) is 0 Å². The van der Waals surface area contributed by atoms with E-state index in [1.165, 1.54) is 22.3 Å². The van der Waals surface area contributed by atoms with Crippen LogP contribution in [0.15, 0.2) is 42.5 Å². The second kappa shape index (κ2) is 9.93. The summed E-state index contributed by atoms with van der Waals surface area (Å²) in [5.74, 6) is 0.603. The fourth-order valence-corrected chi connectivity index (χ4v) is 4.49. The molecule has 1 aliphatic heterocycles. The van der Waals surface area contributed by atoms with Crippen LogP contribution in [0.5, 0.6) is 5.75 Å². The maximum Gasteiger partial charge on any atom is 0.222 e. The van der Waals surface area contributed by atoms with Crippen LogP contribution in [0.3, 0.4) is 0 Å². The molecule has 0 bridgehead atoms. The van der Waals surface area contributed by atoms with Gasteiger partial charge in [-0.2, -0.15) is 0 Å². The van der Waals surface area contributed by atoms with Crippen LogP contribution in [-0.2, 0) is 17.8 Å². The number of carbonyl (C=O) groups excluding carboxylic acids is 1. The van der Waals surface area contributed by atoms with E-state index in [1.54, 1.807) is 0 Å². The number of amides is 1. The Hall–Kier alpha value is -2.33. The molecule has 0 unspecified atom stereocenters. The van der Waals surface area contributed by atoms with Gasteiger partial charge in [0.25, 0.3) is 0 Å². The van der Waals surface area contributed by atoms with Crippen molar-refractivity contribution in [2.75, 3.05) is 19.6 Å². The first-order valence-corrected chi connectivity index (χ1v) is 10.8. The van der Waals surface area contributed by atoms with Crippen molar-refractivity contribution in [3.05, 3.63) is 64.7 Å². The fourth-order valence-electron chi connectivity index (χ4n) is 4.49. The van der Waals surface area contributed by atoms with Gasteiger partial charge >= 0.3 is 0 Å². The van der Waals surface area contributed by atoms with Crippen LogP contribution in [-0.4, -0.2) is 46.5 Å². The second-order valence-corrected chi connectivity index (χ2v) is 8.24. The summed E-state index contributed by atoms with van der Waals surface area (Å²) in [4.78, 5) is 17.2. The van der Waals surface area contributed by atoms with E-state index in [0.717, 1.165) is 38.9 Å². The molecule has 2 aromatic carbocycles.